The van der Waals surface area contributed by atoms with E-state index in [9.17, 15) is 9.90 Å². The third-order valence-corrected chi connectivity index (χ3v) is 9.56. The Balaban J connectivity index is 2.24. The zero-order valence-corrected chi connectivity index (χ0v) is 33.1. The highest BCUT2D eigenvalue weighted by Crippen LogP contribution is 2.20. The van der Waals surface area contributed by atoms with Crippen LogP contribution < -0.4 is 0 Å². The fourth-order valence-corrected chi connectivity index (χ4v) is 6.04. The van der Waals surface area contributed by atoms with Gasteiger partial charge in [-0.15, -0.1) is 0 Å². The van der Waals surface area contributed by atoms with Crippen molar-refractivity contribution < 1.29 is 9.90 Å². The zero-order valence-electron chi connectivity index (χ0n) is 33.1. The molecule has 1 unspecified atom stereocenters. The molecule has 2 heteroatoms. The normalized spacial score (nSPS) is 14.3. The summed E-state index contributed by atoms with van der Waals surface area (Å²) in [6.07, 6.45) is 34.9. The SMILES string of the molecule is CC(C)=CCCC(C)=CCCC(C)=CCCC(C)=CCCC(C)=CCCC(C)=CCCC(C)=CCCC(C)CCc1ccccc1C(=O)O. The third-order valence-electron chi connectivity index (χ3n) is 9.56. The summed E-state index contributed by atoms with van der Waals surface area (Å²) >= 11 is 0. The molecule has 0 aromatic heterocycles. The summed E-state index contributed by atoms with van der Waals surface area (Å²) < 4.78 is 0. The van der Waals surface area contributed by atoms with Crippen LogP contribution in [-0.2, 0) is 6.42 Å². The maximum Gasteiger partial charge on any atom is 0.335 e. The van der Waals surface area contributed by atoms with Crippen LogP contribution in [-0.4, -0.2) is 11.1 Å². The number of aromatic carboxylic acids is 1. The van der Waals surface area contributed by atoms with Crippen molar-refractivity contribution in [2.75, 3.05) is 0 Å². The minimum atomic E-state index is -0.827. The highest BCUT2D eigenvalue weighted by atomic mass is 16.4. The Morgan fingerprint density at radius 3 is 1.24 bits per heavy atom. The minimum absolute atomic E-state index is 0.443. The summed E-state index contributed by atoms with van der Waals surface area (Å²) in [7, 11) is 0. The number of hydrogen-bond acceptors (Lipinski definition) is 1. The first kappa shape index (κ1) is 43.9. The van der Waals surface area contributed by atoms with Gasteiger partial charge in [-0.25, -0.2) is 4.79 Å². The van der Waals surface area contributed by atoms with Gasteiger partial charge in [0.25, 0.3) is 0 Å². The lowest BCUT2D eigenvalue weighted by Gasteiger charge is -2.12. The molecule has 0 spiro atoms. The topological polar surface area (TPSA) is 37.3 Å². The van der Waals surface area contributed by atoms with Gasteiger partial charge in [0.15, 0.2) is 0 Å². The summed E-state index contributed by atoms with van der Waals surface area (Å²) in [5.74, 6) is -0.247. The van der Waals surface area contributed by atoms with Gasteiger partial charge in [0.05, 0.1) is 5.56 Å². The lowest BCUT2D eigenvalue weighted by molar-refractivity contribution is 0.0695. The molecule has 0 radical (unpaired) electrons. The van der Waals surface area contributed by atoms with E-state index in [2.05, 4.69) is 105 Å². The molecule has 0 aliphatic carbocycles. The average molecular weight is 669 g/mol. The molecular weight excluding hydrogens is 597 g/mol. The van der Waals surface area contributed by atoms with Crippen LogP contribution in [0.25, 0.3) is 0 Å². The highest BCUT2D eigenvalue weighted by Gasteiger charge is 2.10. The van der Waals surface area contributed by atoms with E-state index in [1.165, 1.54) is 58.3 Å². The lowest BCUT2D eigenvalue weighted by Crippen LogP contribution is -2.04. The monoisotopic (exact) mass is 669 g/mol. The van der Waals surface area contributed by atoms with E-state index in [1.54, 1.807) is 12.1 Å². The number of carboxylic acids is 1. The molecule has 0 aliphatic heterocycles. The number of aryl methyl sites for hydroxylation is 1. The molecule has 0 bridgehead atoms. The second-order valence-electron chi connectivity index (χ2n) is 15.0. The van der Waals surface area contributed by atoms with Gasteiger partial charge in [-0.1, -0.05) is 107 Å². The van der Waals surface area contributed by atoms with E-state index in [1.807, 2.05) is 12.1 Å². The molecule has 1 aromatic rings. The number of hydrogen-bond donors (Lipinski definition) is 1. The molecule has 272 valence electrons. The largest absolute Gasteiger partial charge is 0.478 e. The lowest BCUT2D eigenvalue weighted by atomic mass is 9.94. The Morgan fingerprint density at radius 2 is 0.878 bits per heavy atom. The summed E-state index contributed by atoms with van der Waals surface area (Å²) in [6.45, 7) is 20.3. The number of carbonyl (C=O) groups is 1. The Labute approximate surface area is 303 Å². The highest BCUT2D eigenvalue weighted by molar-refractivity contribution is 5.89. The summed E-state index contributed by atoms with van der Waals surface area (Å²) in [5.41, 5.74) is 11.8. The maximum absolute atomic E-state index is 11.4. The molecule has 1 rings (SSSR count). The van der Waals surface area contributed by atoms with Crippen LogP contribution in [0.2, 0.25) is 0 Å². The van der Waals surface area contributed by atoms with E-state index < -0.39 is 5.97 Å². The third kappa shape index (κ3) is 23.8. The van der Waals surface area contributed by atoms with Crippen LogP contribution in [0.3, 0.4) is 0 Å². The van der Waals surface area contributed by atoms with Crippen molar-refractivity contribution >= 4 is 5.97 Å². The molecule has 2 nitrogen and oxygen atoms in total. The molecule has 0 saturated carbocycles. The molecule has 1 atom stereocenters. The van der Waals surface area contributed by atoms with Crippen molar-refractivity contribution in [1.29, 1.82) is 0 Å². The predicted molar refractivity (Wildman–Crippen MR) is 217 cm³/mol. The Kier molecular flexibility index (Phi) is 23.9. The second-order valence-corrected chi connectivity index (χ2v) is 15.0. The van der Waals surface area contributed by atoms with Crippen LogP contribution in [0.15, 0.2) is 106 Å². The minimum Gasteiger partial charge on any atom is -0.478 e. The molecule has 1 N–H and O–H groups in total. The summed E-state index contributed by atoms with van der Waals surface area (Å²) in [6, 6.07) is 7.40. The first-order valence-corrected chi connectivity index (χ1v) is 19.3. The Bertz CT molecular complexity index is 1320. The Morgan fingerprint density at radius 1 is 0.531 bits per heavy atom. The predicted octanol–water partition coefficient (Wildman–Crippen LogP) is 15.1. The average Bonchev–Trinajstić information content (AvgIpc) is 3.03. The maximum atomic E-state index is 11.4. The van der Waals surface area contributed by atoms with Crippen molar-refractivity contribution in [1.82, 2.24) is 0 Å². The van der Waals surface area contributed by atoms with E-state index in [0.717, 1.165) is 89.0 Å². The fraction of sp³-hybridized carbons (Fsp3) is 0.553. The fourth-order valence-electron chi connectivity index (χ4n) is 6.04. The number of carboxylic acid groups (broad SMARTS) is 1. The standard InChI is InChI=1S/C47H72O2/c1-37(2)19-12-20-38(3)21-13-22-39(4)23-14-24-40(5)25-15-26-41(6)27-16-28-42(7)29-17-30-43(8)31-18-32-44(9)35-36-45-33-10-11-34-46(45)47(48)49/h10-11,19,21,23,25,27,29,31,33-34,44H,12-18,20,22,24,26,28,30,32,35-36H2,1-9H3,(H,48,49). The number of allylic oxidation sites excluding steroid dienone is 14. The second kappa shape index (κ2) is 26.7. The van der Waals surface area contributed by atoms with E-state index >= 15 is 0 Å². The van der Waals surface area contributed by atoms with E-state index in [-0.39, 0.29) is 0 Å². The quantitative estimate of drug-likeness (QED) is 0.105. The van der Waals surface area contributed by atoms with Crippen LogP contribution in [0.4, 0.5) is 0 Å². The van der Waals surface area contributed by atoms with Gasteiger partial charge < -0.3 is 5.11 Å². The Hall–Kier alpha value is -3.13. The molecule has 1 aromatic carbocycles. The van der Waals surface area contributed by atoms with Gasteiger partial charge in [-0.3, -0.25) is 0 Å². The van der Waals surface area contributed by atoms with Crippen LogP contribution in [0.1, 0.15) is 175 Å². The molecule has 49 heavy (non-hydrogen) atoms. The van der Waals surface area contributed by atoms with E-state index in [4.69, 9.17) is 0 Å². The van der Waals surface area contributed by atoms with E-state index in [0.29, 0.717) is 11.5 Å². The van der Waals surface area contributed by atoms with Gasteiger partial charge in [-0.05, 0) is 176 Å². The first-order valence-electron chi connectivity index (χ1n) is 19.3. The van der Waals surface area contributed by atoms with Crippen molar-refractivity contribution in [2.45, 2.75) is 165 Å². The van der Waals surface area contributed by atoms with Gasteiger partial charge in [-0.2, -0.15) is 0 Å². The van der Waals surface area contributed by atoms with Crippen LogP contribution >= 0.6 is 0 Å². The van der Waals surface area contributed by atoms with Crippen LogP contribution in [0, 0.1) is 5.92 Å². The summed E-state index contributed by atoms with van der Waals surface area (Å²) in [5, 5.41) is 9.40. The van der Waals surface area contributed by atoms with Gasteiger partial charge >= 0.3 is 5.97 Å². The number of rotatable bonds is 25. The summed E-state index contributed by atoms with van der Waals surface area (Å²) in [4.78, 5) is 11.4. The number of benzene rings is 1. The molecule has 0 heterocycles. The first-order chi connectivity index (χ1) is 23.4. The molecule has 0 saturated heterocycles. The van der Waals surface area contributed by atoms with Crippen molar-refractivity contribution in [3.63, 3.8) is 0 Å². The smallest absolute Gasteiger partial charge is 0.335 e. The van der Waals surface area contributed by atoms with Crippen molar-refractivity contribution in [3.8, 4) is 0 Å². The van der Waals surface area contributed by atoms with Gasteiger partial charge in [0.2, 0.25) is 0 Å². The molecule has 0 aliphatic rings. The molecular formula is C47H72O2. The van der Waals surface area contributed by atoms with Crippen molar-refractivity contribution in [2.24, 2.45) is 5.92 Å². The molecule has 0 fully saturated rings. The zero-order chi connectivity index (χ0) is 36.4. The van der Waals surface area contributed by atoms with Crippen molar-refractivity contribution in [3.05, 3.63) is 117 Å². The molecule has 0 amide bonds. The van der Waals surface area contributed by atoms with Crippen LogP contribution in [0.5, 0.6) is 0 Å². The van der Waals surface area contributed by atoms with Gasteiger partial charge in [0.1, 0.15) is 0 Å². The van der Waals surface area contributed by atoms with Gasteiger partial charge in [0, 0.05) is 0 Å².